The van der Waals surface area contributed by atoms with Gasteiger partial charge in [0.1, 0.15) is 23.5 Å². The Kier molecular flexibility index (Phi) is 5.80. The maximum atomic E-state index is 13.6. The van der Waals surface area contributed by atoms with Crippen molar-refractivity contribution in [3.8, 4) is 34.0 Å². The number of nitrogens with zero attached hydrogens (tertiary/aromatic N) is 4. The van der Waals surface area contributed by atoms with E-state index in [0.29, 0.717) is 18.0 Å². The maximum absolute atomic E-state index is 13.6. The third-order valence-electron chi connectivity index (χ3n) is 6.52. The molecule has 0 radical (unpaired) electrons. The molecular weight excluding hydrogens is 483 g/mol. The van der Waals surface area contributed by atoms with Gasteiger partial charge in [0.25, 0.3) is 0 Å². The molecule has 0 aliphatic carbocycles. The lowest BCUT2D eigenvalue weighted by atomic mass is 9.92. The number of hydrogen-bond donors (Lipinski definition) is 2. The quantitative estimate of drug-likeness (QED) is 0.234. The lowest BCUT2D eigenvalue weighted by Gasteiger charge is -2.18. The van der Waals surface area contributed by atoms with Gasteiger partial charge in [-0.05, 0) is 59.5 Å². The van der Waals surface area contributed by atoms with Crippen LogP contribution in [0.3, 0.4) is 0 Å². The Balaban J connectivity index is 1.50. The molecule has 1 aliphatic rings. The minimum absolute atomic E-state index is 0.194. The molecule has 4 heterocycles. The van der Waals surface area contributed by atoms with E-state index in [-0.39, 0.29) is 11.8 Å². The van der Waals surface area contributed by atoms with Crippen molar-refractivity contribution in [1.29, 1.82) is 0 Å². The molecule has 1 aliphatic heterocycles. The van der Waals surface area contributed by atoms with Crippen LogP contribution in [-0.4, -0.2) is 32.0 Å². The van der Waals surface area contributed by atoms with Gasteiger partial charge in [-0.15, -0.1) is 0 Å². The van der Waals surface area contributed by atoms with Gasteiger partial charge in [-0.1, -0.05) is 30.8 Å². The number of aryl methyl sites for hydroxylation is 1. The number of aromatic nitrogens is 4. The van der Waals surface area contributed by atoms with E-state index in [0.717, 1.165) is 51.2 Å². The maximum Gasteiger partial charge on any atom is 0.247 e. The number of fused-ring (bicyclic) bond motifs is 2. The molecule has 6 rings (SSSR count). The zero-order chi connectivity index (χ0) is 26.2. The number of anilines is 2. The first-order chi connectivity index (χ1) is 18.5. The first kappa shape index (κ1) is 23.4. The number of pyridine rings is 1. The number of halogens is 1. The summed E-state index contributed by atoms with van der Waals surface area (Å²) in [5.41, 5.74) is 6.49. The van der Waals surface area contributed by atoms with Crippen LogP contribution >= 0.6 is 0 Å². The lowest BCUT2D eigenvalue weighted by Crippen LogP contribution is -2.10. The zero-order valence-electron chi connectivity index (χ0n) is 20.5. The molecule has 0 saturated heterocycles. The molecule has 0 spiro atoms. The number of nitrogens with one attached hydrogen (secondary N) is 2. The van der Waals surface area contributed by atoms with Crippen LogP contribution in [0.5, 0.6) is 11.6 Å². The first-order valence-electron chi connectivity index (χ1n) is 12.1. The minimum Gasteiger partial charge on any atom is -0.439 e. The van der Waals surface area contributed by atoms with E-state index in [2.05, 4.69) is 36.7 Å². The Bertz CT molecular complexity index is 1710. The highest BCUT2D eigenvalue weighted by Crippen LogP contribution is 2.45. The topological polar surface area (TPSA) is 94.0 Å². The van der Waals surface area contributed by atoms with Crippen LogP contribution in [0.25, 0.3) is 33.4 Å². The Hall–Kier alpha value is -5.05. The molecule has 0 bridgehead atoms. The van der Waals surface area contributed by atoms with Gasteiger partial charge >= 0.3 is 0 Å². The smallest absolute Gasteiger partial charge is 0.247 e. The van der Waals surface area contributed by atoms with Gasteiger partial charge in [-0.3, -0.25) is 4.79 Å². The summed E-state index contributed by atoms with van der Waals surface area (Å²) in [6.07, 6.45) is 3.52. The molecule has 0 saturated carbocycles. The monoisotopic (exact) mass is 506 g/mol. The van der Waals surface area contributed by atoms with Crippen molar-refractivity contribution in [3.63, 3.8) is 0 Å². The largest absolute Gasteiger partial charge is 0.439 e. The first-order valence-corrected chi connectivity index (χ1v) is 12.1. The Morgan fingerprint density at radius 1 is 1.16 bits per heavy atom. The summed E-state index contributed by atoms with van der Waals surface area (Å²) in [5, 5.41) is 7.16. The minimum atomic E-state index is -0.596. The van der Waals surface area contributed by atoms with E-state index in [4.69, 9.17) is 4.74 Å². The van der Waals surface area contributed by atoms with E-state index in [1.807, 2.05) is 49.5 Å². The second kappa shape index (κ2) is 9.44. The molecule has 0 fully saturated rings. The van der Waals surface area contributed by atoms with E-state index < -0.39 is 5.95 Å². The van der Waals surface area contributed by atoms with Crippen molar-refractivity contribution in [1.82, 2.24) is 19.5 Å². The van der Waals surface area contributed by atoms with Crippen LogP contribution < -0.4 is 15.4 Å². The van der Waals surface area contributed by atoms with E-state index in [1.165, 1.54) is 12.1 Å². The van der Waals surface area contributed by atoms with E-state index in [9.17, 15) is 9.18 Å². The molecule has 188 valence electrons. The molecule has 3 aromatic heterocycles. The summed E-state index contributed by atoms with van der Waals surface area (Å²) in [5.74, 6) is 0.677. The molecule has 2 aromatic carbocycles. The van der Waals surface area contributed by atoms with Gasteiger partial charge in [0.05, 0.1) is 11.1 Å². The molecule has 9 heteroatoms. The number of benzene rings is 2. The Labute approximate surface area is 217 Å². The van der Waals surface area contributed by atoms with Crippen molar-refractivity contribution in [2.24, 2.45) is 7.05 Å². The second-order valence-electron chi connectivity index (χ2n) is 8.87. The van der Waals surface area contributed by atoms with Gasteiger partial charge in [-0.25, -0.2) is 9.97 Å². The third kappa shape index (κ3) is 4.13. The molecule has 1 amide bonds. The van der Waals surface area contributed by atoms with Gasteiger partial charge in [0.15, 0.2) is 0 Å². The molecule has 5 aromatic rings. The summed E-state index contributed by atoms with van der Waals surface area (Å²) < 4.78 is 21.5. The van der Waals surface area contributed by atoms with Crippen LogP contribution in [0.1, 0.15) is 5.56 Å². The molecular formula is C29H23FN6O2. The van der Waals surface area contributed by atoms with Crippen LogP contribution in [-0.2, 0) is 18.3 Å². The van der Waals surface area contributed by atoms with E-state index >= 15 is 0 Å². The number of rotatable bonds is 5. The van der Waals surface area contributed by atoms with Crippen molar-refractivity contribution >= 4 is 28.4 Å². The highest BCUT2D eigenvalue weighted by molar-refractivity contribution is 6.09. The number of carbonyl (C=O) groups is 1. The predicted octanol–water partition coefficient (Wildman–Crippen LogP) is 5.72. The molecule has 0 atom stereocenters. The molecule has 8 nitrogen and oxygen atoms in total. The fourth-order valence-corrected chi connectivity index (χ4v) is 4.86. The molecule has 0 unspecified atom stereocenters. The number of ether oxygens (including phenoxy) is 1. The van der Waals surface area contributed by atoms with Crippen LogP contribution in [0, 0.1) is 5.95 Å². The van der Waals surface area contributed by atoms with Crippen molar-refractivity contribution < 1.29 is 13.9 Å². The highest BCUT2D eigenvalue weighted by Gasteiger charge is 2.26. The summed E-state index contributed by atoms with van der Waals surface area (Å²) in [6, 6.07) is 18.0. The van der Waals surface area contributed by atoms with Crippen LogP contribution in [0.4, 0.5) is 15.9 Å². The predicted molar refractivity (Wildman–Crippen MR) is 145 cm³/mol. The van der Waals surface area contributed by atoms with Crippen molar-refractivity contribution in [2.75, 3.05) is 17.2 Å². The standard InChI is InChI=1S/C29H23FN6O2/c1-3-23(37)34-19-9-7-17(8-10-19)27-25-21-12-11-20(38-24-6-4-5-22(30)35-24)15-18(21)13-14-31-28-26(25)29(36(27)2)33-16-32-28/h3-12,15-16H,1,13-14H2,2H3,(H,34,37)(H,31,32,33). The Morgan fingerprint density at radius 2 is 2.00 bits per heavy atom. The summed E-state index contributed by atoms with van der Waals surface area (Å²) >= 11 is 0. The number of hydrogen-bond acceptors (Lipinski definition) is 6. The van der Waals surface area contributed by atoms with Gasteiger partial charge in [0.2, 0.25) is 17.7 Å². The summed E-state index contributed by atoms with van der Waals surface area (Å²) in [4.78, 5) is 24.7. The van der Waals surface area contributed by atoms with Gasteiger partial charge in [0, 0.05) is 30.9 Å². The van der Waals surface area contributed by atoms with Crippen LogP contribution in [0.2, 0.25) is 0 Å². The third-order valence-corrected chi connectivity index (χ3v) is 6.52. The summed E-state index contributed by atoms with van der Waals surface area (Å²) in [7, 11) is 1.98. The number of amides is 1. The summed E-state index contributed by atoms with van der Waals surface area (Å²) in [6.45, 7) is 4.17. The fraction of sp³-hybridized carbons (Fsp3) is 0.103. The second-order valence-corrected chi connectivity index (χ2v) is 8.87. The fourth-order valence-electron chi connectivity index (χ4n) is 4.86. The normalized spacial score (nSPS) is 12.2. The van der Waals surface area contributed by atoms with Gasteiger partial charge < -0.3 is 19.9 Å². The lowest BCUT2D eigenvalue weighted by molar-refractivity contribution is -0.111. The zero-order valence-corrected chi connectivity index (χ0v) is 20.5. The van der Waals surface area contributed by atoms with Crippen LogP contribution in [0.15, 0.2) is 79.6 Å². The van der Waals surface area contributed by atoms with Crippen molar-refractivity contribution in [3.05, 3.63) is 91.2 Å². The average molecular weight is 507 g/mol. The molecule has 2 N–H and O–H groups in total. The molecule has 38 heavy (non-hydrogen) atoms. The van der Waals surface area contributed by atoms with Gasteiger partial charge in [-0.2, -0.15) is 9.37 Å². The SMILES string of the molecule is C=CC(=O)Nc1ccc(-c2c3c4c(ncnc4n2C)NCCc2cc(Oc4cccc(F)n4)ccc2-3)cc1. The van der Waals surface area contributed by atoms with Crippen molar-refractivity contribution in [2.45, 2.75) is 6.42 Å². The average Bonchev–Trinajstić information content (AvgIpc) is 3.21. The number of carbonyl (C=O) groups excluding carboxylic acids is 1. The van der Waals surface area contributed by atoms with E-state index in [1.54, 1.807) is 18.5 Å². The highest BCUT2D eigenvalue weighted by atomic mass is 19.1. The Morgan fingerprint density at radius 3 is 2.79 bits per heavy atom.